The molecule has 20 heavy (non-hydrogen) atoms. The van der Waals surface area contributed by atoms with Crippen molar-refractivity contribution in [3.05, 3.63) is 53.5 Å². The standard InChI is InChI=1S/C16H21NO2S/c1-4-17-16(13-7-5-6-8-15(13)20-3)14-10-9-12(19-14)11-18-2/h5-10,16-17H,4,11H2,1-3H3. The van der Waals surface area contributed by atoms with Crippen molar-refractivity contribution < 1.29 is 9.15 Å². The summed E-state index contributed by atoms with van der Waals surface area (Å²) in [5.74, 6) is 1.78. The summed E-state index contributed by atoms with van der Waals surface area (Å²) in [6, 6.07) is 12.5. The first kappa shape index (κ1) is 15.2. The molecule has 3 nitrogen and oxygen atoms in total. The largest absolute Gasteiger partial charge is 0.462 e. The Bertz CT molecular complexity index is 539. The number of thioether (sulfide) groups is 1. The maximum atomic E-state index is 5.90. The predicted octanol–water partition coefficient (Wildman–Crippen LogP) is 3.85. The summed E-state index contributed by atoms with van der Waals surface area (Å²) in [6.07, 6.45) is 2.10. The zero-order valence-corrected chi connectivity index (χ0v) is 13.0. The van der Waals surface area contributed by atoms with Crippen molar-refractivity contribution in [1.82, 2.24) is 5.32 Å². The molecule has 1 atom stereocenters. The van der Waals surface area contributed by atoms with Gasteiger partial charge in [0.05, 0.1) is 6.04 Å². The molecule has 1 unspecified atom stereocenters. The van der Waals surface area contributed by atoms with Crippen LogP contribution in [0.4, 0.5) is 0 Å². The highest BCUT2D eigenvalue weighted by Gasteiger charge is 2.19. The van der Waals surface area contributed by atoms with Gasteiger partial charge in [-0.1, -0.05) is 25.1 Å². The van der Waals surface area contributed by atoms with Crippen LogP contribution in [0.2, 0.25) is 0 Å². The summed E-state index contributed by atoms with van der Waals surface area (Å²) in [6.45, 7) is 3.49. The van der Waals surface area contributed by atoms with Crippen molar-refractivity contribution in [1.29, 1.82) is 0 Å². The third-order valence-electron chi connectivity index (χ3n) is 3.11. The van der Waals surface area contributed by atoms with E-state index in [2.05, 4.69) is 42.8 Å². The van der Waals surface area contributed by atoms with E-state index < -0.39 is 0 Å². The number of furan rings is 1. The molecule has 1 heterocycles. The lowest BCUT2D eigenvalue weighted by Gasteiger charge is -2.18. The molecule has 0 aliphatic carbocycles. The van der Waals surface area contributed by atoms with Gasteiger partial charge in [0.15, 0.2) is 0 Å². The van der Waals surface area contributed by atoms with Crippen molar-refractivity contribution in [2.75, 3.05) is 19.9 Å². The number of nitrogens with one attached hydrogen (secondary N) is 1. The average molecular weight is 291 g/mol. The van der Waals surface area contributed by atoms with E-state index >= 15 is 0 Å². The fourth-order valence-corrected chi connectivity index (χ4v) is 2.88. The SMILES string of the molecule is CCNC(c1ccc(COC)o1)c1ccccc1SC. The van der Waals surface area contributed by atoms with Crippen molar-refractivity contribution in [2.45, 2.75) is 24.5 Å². The topological polar surface area (TPSA) is 34.4 Å². The van der Waals surface area contributed by atoms with Crippen molar-refractivity contribution in [3.63, 3.8) is 0 Å². The first-order valence-corrected chi connectivity index (χ1v) is 7.96. The molecule has 0 saturated heterocycles. The summed E-state index contributed by atoms with van der Waals surface area (Å²) < 4.78 is 11.0. The Kier molecular flexibility index (Phi) is 5.71. The van der Waals surface area contributed by atoms with E-state index in [4.69, 9.17) is 9.15 Å². The second-order valence-corrected chi connectivity index (χ2v) is 5.32. The maximum Gasteiger partial charge on any atom is 0.129 e. The first-order chi connectivity index (χ1) is 9.80. The second-order valence-electron chi connectivity index (χ2n) is 4.47. The lowest BCUT2D eigenvalue weighted by Crippen LogP contribution is -2.22. The number of benzene rings is 1. The molecule has 0 fully saturated rings. The Balaban J connectivity index is 2.34. The lowest BCUT2D eigenvalue weighted by atomic mass is 10.0. The van der Waals surface area contributed by atoms with E-state index in [9.17, 15) is 0 Å². The van der Waals surface area contributed by atoms with Crippen LogP contribution in [-0.2, 0) is 11.3 Å². The van der Waals surface area contributed by atoms with E-state index in [1.807, 2.05) is 12.1 Å². The van der Waals surface area contributed by atoms with Crippen LogP contribution in [0.3, 0.4) is 0 Å². The molecular formula is C16H21NO2S. The van der Waals surface area contributed by atoms with Gasteiger partial charge in [0.1, 0.15) is 18.1 Å². The quantitative estimate of drug-likeness (QED) is 0.786. The van der Waals surface area contributed by atoms with Crippen LogP contribution < -0.4 is 5.32 Å². The molecule has 1 N–H and O–H groups in total. The van der Waals surface area contributed by atoms with Gasteiger partial charge in [-0.2, -0.15) is 0 Å². The van der Waals surface area contributed by atoms with E-state index in [0.29, 0.717) is 6.61 Å². The van der Waals surface area contributed by atoms with Gasteiger partial charge in [-0.05, 0) is 36.6 Å². The molecule has 108 valence electrons. The summed E-state index contributed by atoms with van der Waals surface area (Å²) in [4.78, 5) is 1.27. The number of ether oxygens (including phenoxy) is 1. The zero-order valence-electron chi connectivity index (χ0n) is 12.2. The summed E-state index contributed by atoms with van der Waals surface area (Å²) >= 11 is 1.75. The molecule has 0 saturated carbocycles. The Morgan fingerprint density at radius 1 is 1.25 bits per heavy atom. The molecular weight excluding hydrogens is 270 g/mol. The highest BCUT2D eigenvalue weighted by atomic mass is 32.2. The van der Waals surface area contributed by atoms with Gasteiger partial charge in [0.2, 0.25) is 0 Å². The van der Waals surface area contributed by atoms with Gasteiger partial charge < -0.3 is 14.5 Å². The number of hydrogen-bond acceptors (Lipinski definition) is 4. The molecule has 0 bridgehead atoms. The third-order valence-corrected chi connectivity index (χ3v) is 3.92. The highest BCUT2D eigenvalue weighted by molar-refractivity contribution is 7.98. The van der Waals surface area contributed by atoms with Crippen LogP contribution in [0.5, 0.6) is 0 Å². The first-order valence-electron chi connectivity index (χ1n) is 6.74. The minimum absolute atomic E-state index is 0.0780. The van der Waals surface area contributed by atoms with Gasteiger partial charge >= 0.3 is 0 Å². The lowest BCUT2D eigenvalue weighted by molar-refractivity contribution is 0.162. The van der Waals surface area contributed by atoms with Crippen molar-refractivity contribution in [2.24, 2.45) is 0 Å². The second kappa shape index (κ2) is 7.53. The summed E-state index contributed by atoms with van der Waals surface area (Å²) in [5.41, 5.74) is 1.25. The molecule has 2 aromatic rings. The van der Waals surface area contributed by atoms with Crippen molar-refractivity contribution in [3.8, 4) is 0 Å². The summed E-state index contributed by atoms with van der Waals surface area (Å²) in [7, 11) is 1.67. The molecule has 4 heteroatoms. The Morgan fingerprint density at radius 3 is 2.75 bits per heavy atom. The zero-order chi connectivity index (χ0) is 14.4. The molecule has 2 rings (SSSR count). The monoisotopic (exact) mass is 291 g/mol. The Hall–Kier alpha value is -1.23. The van der Waals surface area contributed by atoms with Crippen LogP contribution in [0.25, 0.3) is 0 Å². The van der Waals surface area contributed by atoms with Gasteiger partial charge in [-0.25, -0.2) is 0 Å². The highest BCUT2D eigenvalue weighted by Crippen LogP contribution is 2.31. The third kappa shape index (κ3) is 3.45. The molecule has 0 aliphatic heterocycles. The fourth-order valence-electron chi connectivity index (χ4n) is 2.24. The van der Waals surface area contributed by atoms with E-state index in [1.54, 1.807) is 18.9 Å². The Labute approximate surface area is 124 Å². The van der Waals surface area contributed by atoms with Gasteiger partial charge in [0, 0.05) is 12.0 Å². The minimum atomic E-state index is 0.0780. The average Bonchev–Trinajstić information content (AvgIpc) is 2.93. The predicted molar refractivity (Wildman–Crippen MR) is 83.2 cm³/mol. The fraction of sp³-hybridized carbons (Fsp3) is 0.375. The normalized spacial score (nSPS) is 12.6. The number of rotatable bonds is 7. The number of methoxy groups -OCH3 is 1. The van der Waals surface area contributed by atoms with Crippen LogP contribution in [0.1, 0.15) is 30.0 Å². The van der Waals surface area contributed by atoms with Crippen LogP contribution in [-0.4, -0.2) is 19.9 Å². The molecule has 0 radical (unpaired) electrons. The van der Waals surface area contributed by atoms with Crippen LogP contribution in [0, 0.1) is 0 Å². The van der Waals surface area contributed by atoms with E-state index in [0.717, 1.165) is 18.1 Å². The smallest absolute Gasteiger partial charge is 0.129 e. The number of hydrogen-bond donors (Lipinski definition) is 1. The molecule has 1 aromatic carbocycles. The van der Waals surface area contributed by atoms with Gasteiger partial charge in [0.25, 0.3) is 0 Å². The van der Waals surface area contributed by atoms with Crippen LogP contribution in [0.15, 0.2) is 45.7 Å². The summed E-state index contributed by atoms with van der Waals surface area (Å²) in [5, 5.41) is 3.50. The van der Waals surface area contributed by atoms with E-state index in [1.165, 1.54) is 10.5 Å². The van der Waals surface area contributed by atoms with Crippen molar-refractivity contribution >= 4 is 11.8 Å². The van der Waals surface area contributed by atoms with Gasteiger partial charge in [-0.15, -0.1) is 11.8 Å². The van der Waals surface area contributed by atoms with E-state index in [-0.39, 0.29) is 6.04 Å². The minimum Gasteiger partial charge on any atom is -0.462 e. The van der Waals surface area contributed by atoms with Gasteiger partial charge in [-0.3, -0.25) is 0 Å². The molecule has 0 spiro atoms. The maximum absolute atomic E-state index is 5.90. The van der Waals surface area contributed by atoms with Crippen LogP contribution >= 0.6 is 11.8 Å². The molecule has 0 amide bonds. The molecule has 0 aliphatic rings. The molecule has 1 aromatic heterocycles. The Morgan fingerprint density at radius 2 is 2.05 bits per heavy atom.